The lowest BCUT2D eigenvalue weighted by Gasteiger charge is -2.30. The number of hydrogen-bond donors (Lipinski definition) is 3. The quantitative estimate of drug-likeness (QED) is 0.649. The first-order valence-electron chi connectivity index (χ1n) is 7.38. The van der Waals surface area contributed by atoms with Crippen molar-refractivity contribution in [2.45, 2.75) is 70.1 Å². The van der Waals surface area contributed by atoms with Crippen LogP contribution in [0.1, 0.15) is 51.9 Å². The van der Waals surface area contributed by atoms with Gasteiger partial charge >= 0.3 is 0 Å². The maximum Gasteiger partial charge on any atom is 0.223 e. The molecule has 1 aliphatic carbocycles. The van der Waals surface area contributed by atoms with Crippen molar-refractivity contribution >= 4 is 5.91 Å². The standard InChI is InChI=1S/C14H26N2O2/c1-10-9-11(7-8-15-10)14(18)16-12-5-3-2-4-6-13(12)17/h10-13,15,17H,2-9H2,1H3,(H,16,18). The van der Waals surface area contributed by atoms with E-state index in [9.17, 15) is 9.90 Å². The lowest BCUT2D eigenvalue weighted by atomic mass is 9.92. The van der Waals surface area contributed by atoms with Crippen molar-refractivity contribution in [1.29, 1.82) is 0 Å². The van der Waals surface area contributed by atoms with E-state index in [4.69, 9.17) is 0 Å². The monoisotopic (exact) mass is 254 g/mol. The van der Waals surface area contributed by atoms with Crippen LogP contribution in [0.25, 0.3) is 0 Å². The van der Waals surface area contributed by atoms with Gasteiger partial charge in [0.2, 0.25) is 5.91 Å². The molecule has 0 aromatic carbocycles. The molecule has 0 bridgehead atoms. The first kappa shape index (κ1) is 13.8. The van der Waals surface area contributed by atoms with Crippen molar-refractivity contribution in [3.8, 4) is 0 Å². The van der Waals surface area contributed by atoms with Gasteiger partial charge in [0.05, 0.1) is 12.1 Å². The molecule has 4 nitrogen and oxygen atoms in total. The first-order chi connectivity index (χ1) is 8.66. The number of rotatable bonds is 2. The predicted octanol–water partition coefficient (Wildman–Crippen LogP) is 1.18. The summed E-state index contributed by atoms with van der Waals surface area (Å²) in [5.74, 6) is 0.269. The average molecular weight is 254 g/mol. The van der Waals surface area contributed by atoms with Crippen LogP contribution < -0.4 is 10.6 Å². The van der Waals surface area contributed by atoms with E-state index in [1.165, 1.54) is 6.42 Å². The Morgan fingerprint density at radius 1 is 1.22 bits per heavy atom. The SMILES string of the molecule is CC1CC(C(=O)NC2CCCCCC2O)CCN1. The van der Waals surface area contributed by atoms with Gasteiger partial charge in [-0.1, -0.05) is 19.3 Å². The highest BCUT2D eigenvalue weighted by Gasteiger charge is 2.29. The summed E-state index contributed by atoms with van der Waals surface area (Å²) in [6.45, 7) is 3.05. The summed E-state index contributed by atoms with van der Waals surface area (Å²) in [6, 6.07) is 0.402. The number of amides is 1. The van der Waals surface area contributed by atoms with Gasteiger partial charge in [0.15, 0.2) is 0 Å². The summed E-state index contributed by atoms with van der Waals surface area (Å²) in [4.78, 5) is 12.2. The number of nitrogens with one attached hydrogen (secondary N) is 2. The largest absolute Gasteiger partial charge is 0.391 e. The summed E-state index contributed by atoms with van der Waals surface area (Å²) < 4.78 is 0. The van der Waals surface area contributed by atoms with Gasteiger partial charge in [0.1, 0.15) is 0 Å². The van der Waals surface area contributed by atoms with Gasteiger partial charge in [-0.05, 0) is 39.2 Å². The molecule has 3 N–H and O–H groups in total. The Hall–Kier alpha value is -0.610. The van der Waals surface area contributed by atoms with E-state index >= 15 is 0 Å². The topological polar surface area (TPSA) is 61.4 Å². The third kappa shape index (κ3) is 3.69. The van der Waals surface area contributed by atoms with Gasteiger partial charge in [0.25, 0.3) is 0 Å². The fourth-order valence-corrected chi connectivity index (χ4v) is 3.13. The molecule has 0 aromatic rings. The molecule has 1 heterocycles. The van der Waals surface area contributed by atoms with Crippen molar-refractivity contribution in [3.63, 3.8) is 0 Å². The molecule has 1 saturated heterocycles. The molecule has 4 unspecified atom stereocenters. The number of aliphatic hydroxyl groups excluding tert-OH is 1. The Balaban J connectivity index is 1.85. The van der Waals surface area contributed by atoms with Crippen molar-refractivity contribution in [3.05, 3.63) is 0 Å². The van der Waals surface area contributed by atoms with E-state index < -0.39 is 0 Å². The van der Waals surface area contributed by atoms with Crippen molar-refractivity contribution in [1.82, 2.24) is 10.6 Å². The Labute approximate surface area is 110 Å². The fourth-order valence-electron chi connectivity index (χ4n) is 3.13. The second-order valence-electron chi connectivity index (χ2n) is 5.90. The molecule has 18 heavy (non-hydrogen) atoms. The number of piperidine rings is 1. The minimum atomic E-state index is -0.351. The van der Waals surface area contributed by atoms with Crippen LogP contribution in [0.4, 0.5) is 0 Å². The molecule has 104 valence electrons. The van der Waals surface area contributed by atoms with Crippen LogP contribution in [-0.4, -0.2) is 35.7 Å². The zero-order valence-corrected chi connectivity index (χ0v) is 11.3. The third-order valence-corrected chi connectivity index (χ3v) is 4.30. The molecule has 1 amide bonds. The maximum absolute atomic E-state index is 12.2. The zero-order chi connectivity index (χ0) is 13.0. The maximum atomic E-state index is 12.2. The minimum absolute atomic E-state index is 0.0230. The van der Waals surface area contributed by atoms with Crippen LogP contribution in [0.15, 0.2) is 0 Å². The Morgan fingerprint density at radius 3 is 2.78 bits per heavy atom. The molecule has 2 rings (SSSR count). The van der Waals surface area contributed by atoms with E-state index in [1.807, 2.05) is 0 Å². The van der Waals surface area contributed by atoms with Crippen LogP contribution in [0.5, 0.6) is 0 Å². The molecule has 0 spiro atoms. The second kappa shape index (κ2) is 6.53. The molecule has 4 heteroatoms. The fraction of sp³-hybridized carbons (Fsp3) is 0.929. The molecular weight excluding hydrogens is 228 g/mol. The molecular formula is C14H26N2O2. The number of hydrogen-bond acceptors (Lipinski definition) is 3. The van der Waals surface area contributed by atoms with Gasteiger partial charge in [-0.15, -0.1) is 0 Å². The minimum Gasteiger partial charge on any atom is -0.391 e. The number of carbonyl (C=O) groups is 1. The van der Waals surface area contributed by atoms with E-state index in [2.05, 4.69) is 17.6 Å². The molecule has 1 aliphatic heterocycles. The molecule has 2 aliphatic rings. The highest BCUT2D eigenvalue weighted by Crippen LogP contribution is 2.20. The van der Waals surface area contributed by atoms with E-state index in [-0.39, 0.29) is 24.0 Å². The summed E-state index contributed by atoms with van der Waals surface area (Å²) in [6.07, 6.45) is 6.60. The first-order valence-corrected chi connectivity index (χ1v) is 7.38. The van der Waals surface area contributed by atoms with Gasteiger partial charge in [-0.25, -0.2) is 0 Å². The molecule has 2 fully saturated rings. The van der Waals surface area contributed by atoms with E-state index in [1.54, 1.807) is 0 Å². The Bertz CT molecular complexity index is 283. The van der Waals surface area contributed by atoms with Crippen LogP contribution in [0.3, 0.4) is 0 Å². The smallest absolute Gasteiger partial charge is 0.223 e. The van der Waals surface area contributed by atoms with E-state index in [0.717, 1.165) is 45.1 Å². The average Bonchev–Trinajstić information content (AvgIpc) is 2.55. The highest BCUT2D eigenvalue weighted by atomic mass is 16.3. The third-order valence-electron chi connectivity index (χ3n) is 4.30. The van der Waals surface area contributed by atoms with E-state index in [0.29, 0.717) is 6.04 Å². The van der Waals surface area contributed by atoms with Crippen LogP contribution in [-0.2, 0) is 4.79 Å². The molecule has 1 saturated carbocycles. The van der Waals surface area contributed by atoms with Gasteiger partial charge < -0.3 is 15.7 Å². The summed E-state index contributed by atoms with van der Waals surface area (Å²) in [5, 5.41) is 16.5. The lowest BCUT2D eigenvalue weighted by molar-refractivity contribution is -0.127. The van der Waals surface area contributed by atoms with Gasteiger partial charge in [-0.3, -0.25) is 4.79 Å². The van der Waals surface area contributed by atoms with Crippen LogP contribution in [0.2, 0.25) is 0 Å². The molecule has 4 atom stereocenters. The number of carbonyl (C=O) groups excluding carboxylic acids is 1. The summed E-state index contributed by atoms with van der Waals surface area (Å²) in [5.41, 5.74) is 0. The number of aliphatic hydroxyl groups is 1. The lowest BCUT2D eigenvalue weighted by Crippen LogP contribution is -2.48. The highest BCUT2D eigenvalue weighted by molar-refractivity contribution is 5.79. The van der Waals surface area contributed by atoms with Crippen LogP contribution >= 0.6 is 0 Å². The molecule has 0 radical (unpaired) electrons. The zero-order valence-electron chi connectivity index (χ0n) is 11.3. The summed E-state index contributed by atoms with van der Waals surface area (Å²) in [7, 11) is 0. The predicted molar refractivity (Wildman–Crippen MR) is 71.2 cm³/mol. The van der Waals surface area contributed by atoms with Crippen molar-refractivity contribution < 1.29 is 9.90 Å². The normalized spacial score (nSPS) is 37.9. The Morgan fingerprint density at radius 2 is 2.00 bits per heavy atom. The molecule has 0 aromatic heterocycles. The van der Waals surface area contributed by atoms with Crippen molar-refractivity contribution in [2.24, 2.45) is 5.92 Å². The second-order valence-corrected chi connectivity index (χ2v) is 5.90. The van der Waals surface area contributed by atoms with Crippen LogP contribution in [0, 0.1) is 5.92 Å². The van der Waals surface area contributed by atoms with Crippen molar-refractivity contribution in [2.75, 3.05) is 6.54 Å². The Kier molecular flexibility index (Phi) is 5.01. The van der Waals surface area contributed by atoms with Gasteiger partial charge in [-0.2, -0.15) is 0 Å². The van der Waals surface area contributed by atoms with Gasteiger partial charge in [0, 0.05) is 12.0 Å². The summed E-state index contributed by atoms with van der Waals surface area (Å²) >= 11 is 0.